The van der Waals surface area contributed by atoms with Crippen LogP contribution in [0.15, 0.2) is 24.3 Å². The predicted molar refractivity (Wildman–Crippen MR) is 77.8 cm³/mol. The zero-order valence-corrected chi connectivity index (χ0v) is 12.9. The summed E-state index contributed by atoms with van der Waals surface area (Å²) in [5.41, 5.74) is 0.463. The van der Waals surface area contributed by atoms with E-state index in [0.717, 1.165) is 4.31 Å². The van der Waals surface area contributed by atoms with Gasteiger partial charge < -0.3 is 9.84 Å². The molecule has 1 fully saturated rings. The van der Waals surface area contributed by atoms with E-state index in [1.807, 2.05) is 0 Å². The van der Waals surface area contributed by atoms with Crippen LogP contribution in [0.2, 0.25) is 0 Å². The first-order valence-corrected chi connectivity index (χ1v) is 8.36. The summed E-state index contributed by atoms with van der Waals surface area (Å²) >= 11 is 0. The monoisotopic (exact) mass is 327 g/mol. The third kappa shape index (κ3) is 3.28. The van der Waals surface area contributed by atoms with E-state index in [4.69, 9.17) is 5.11 Å². The minimum atomic E-state index is -3.83. The van der Waals surface area contributed by atoms with Gasteiger partial charge in [0.1, 0.15) is 6.04 Å². The van der Waals surface area contributed by atoms with E-state index in [1.54, 1.807) is 12.1 Å². The van der Waals surface area contributed by atoms with Crippen LogP contribution in [0, 0.1) is 0 Å². The molecule has 0 saturated carbocycles. The summed E-state index contributed by atoms with van der Waals surface area (Å²) in [7, 11) is -2.61. The van der Waals surface area contributed by atoms with Gasteiger partial charge in [-0.3, -0.25) is 4.79 Å². The first-order valence-electron chi connectivity index (χ1n) is 6.75. The molecular formula is C14H17NO6S. The van der Waals surface area contributed by atoms with Crippen molar-refractivity contribution in [3.8, 4) is 0 Å². The Bertz CT molecular complexity index is 684. The average Bonchev–Trinajstić information content (AvgIpc) is 2.97. The SMILES string of the molecule is COC(=O)c1ccccc1CS(=O)(=O)N1CCC[C@@H]1C(=O)O. The minimum absolute atomic E-state index is 0.166. The zero-order valence-electron chi connectivity index (χ0n) is 12.1. The summed E-state index contributed by atoms with van der Waals surface area (Å²) in [6.07, 6.45) is 0.808. The number of rotatable bonds is 5. The number of sulfonamides is 1. The molecule has 7 nitrogen and oxygen atoms in total. The summed E-state index contributed by atoms with van der Waals surface area (Å²) in [5, 5.41) is 9.11. The standard InChI is InChI=1S/C14H17NO6S/c1-21-14(18)11-6-3-2-5-10(11)9-22(19,20)15-8-4-7-12(15)13(16)17/h2-3,5-6,12H,4,7-9H2,1H3,(H,16,17)/t12-/m1/s1. The molecule has 0 spiro atoms. The number of benzene rings is 1. The minimum Gasteiger partial charge on any atom is -0.480 e. The van der Waals surface area contributed by atoms with E-state index in [-0.39, 0.29) is 12.1 Å². The van der Waals surface area contributed by atoms with Crippen LogP contribution in [-0.4, -0.2) is 49.5 Å². The van der Waals surface area contributed by atoms with Gasteiger partial charge in [0.25, 0.3) is 0 Å². The quantitative estimate of drug-likeness (QED) is 0.805. The maximum Gasteiger partial charge on any atom is 0.338 e. The van der Waals surface area contributed by atoms with Crippen LogP contribution in [-0.2, 0) is 25.3 Å². The molecule has 0 aliphatic carbocycles. The predicted octanol–water partition coefficient (Wildman–Crippen LogP) is 0.852. The van der Waals surface area contributed by atoms with Crippen LogP contribution in [0.1, 0.15) is 28.8 Å². The Kier molecular flexibility index (Phi) is 4.82. The van der Waals surface area contributed by atoms with Crippen molar-refractivity contribution in [3.63, 3.8) is 0 Å². The maximum atomic E-state index is 12.5. The molecule has 1 aliphatic rings. The van der Waals surface area contributed by atoms with E-state index >= 15 is 0 Å². The van der Waals surface area contributed by atoms with Crippen molar-refractivity contribution in [2.45, 2.75) is 24.6 Å². The van der Waals surface area contributed by atoms with Crippen LogP contribution < -0.4 is 0 Å². The zero-order chi connectivity index (χ0) is 16.3. The number of carbonyl (C=O) groups is 2. The molecule has 0 bridgehead atoms. The molecule has 1 atom stereocenters. The van der Waals surface area contributed by atoms with Crippen molar-refractivity contribution >= 4 is 22.0 Å². The highest BCUT2D eigenvalue weighted by molar-refractivity contribution is 7.88. The molecule has 0 aromatic heterocycles. The van der Waals surface area contributed by atoms with Gasteiger partial charge in [-0.05, 0) is 24.5 Å². The Balaban J connectivity index is 2.30. The lowest BCUT2D eigenvalue weighted by atomic mass is 10.1. The summed E-state index contributed by atoms with van der Waals surface area (Å²) in [5.74, 6) is -2.20. The fourth-order valence-corrected chi connectivity index (χ4v) is 4.36. The molecule has 1 saturated heterocycles. The summed E-state index contributed by atoms with van der Waals surface area (Å²) in [6.45, 7) is 0.180. The van der Waals surface area contributed by atoms with Crippen molar-refractivity contribution in [2.24, 2.45) is 0 Å². The lowest BCUT2D eigenvalue weighted by Crippen LogP contribution is -2.41. The van der Waals surface area contributed by atoms with E-state index < -0.39 is 33.8 Å². The van der Waals surface area contributed by atoms with Gasteiger partial charge in [0.15, 0.2) is 0 Å². The second-order valence-corrected chi connectivity index (χ2v) is 6.93. The Labute approximate surface area is 128 Å². The van der Waals surface area contributed by atoms with Gasteiger partial charge >= 0.3 is 11.9 Å². The van der Waals surface area contributed by atoms with Gasteiger partial charge in [-0.2, -0.15) is 4.31 Å². The summed E-state index contributed by atoms with van der Waals surface area (Å²) < 4.78 is 30.6. The van der Waals surface area contributed by atoms with Crippen molar-refractivity contribution in [1.29, 1.82) is 0 Å². The van der Waals surface area contributed by atoms with Crippen LogP contribution >= 0.6 is 0 Å². The third-order valence-electron chi connectivity index (χ3n) is 3.61. The molecule has 1 aromatic rings. The Hall–Kier alpha value is -1.93. The molecule has 1 aliphatic heterocycles. The summed E-state index contributed by atoms with van der Waals surface area (Å²) in [6, 6.07) is 5.20. The number of ether oxygens (including phenoxy) is 1. The topological polar surface area (TPSA) is 101 Å². The number of esters is 1. The van der Waals surface area contributed by atoms with Crippen LogP contribution in [0.25, 0.3) is 0 Å². The lowest BCUT2D eigenvalue weighted by Gasteiger charge is -2.21. The molecule has 1 N–H and O–H groups in total. The van der Waals surface area contributed by atoms with Crippen molar-refractivity contribution in [3.05, 3.63) is 35.4 Å². The highest BCUT2D eigenvalue weighted by Crippen LogP contribution is 2.24. The molecule has 8 heteroatoms. The molecule has 120 valence electrons. The first kappa shape index (κ1) is 16.4. The van der Waals surface area contributed by atoms with Crippen molar-refractivity contribution in [1.82, 2.24) is 4.31 Å². The van der Waals surface area contributed by atoms with E-state index in [0.29, 0.717) is 18.4 Å². The molecule has 22 heavy (non-hydrogen) atoms. The first-order chi connectivity index (χ1) is 10.4. The van der Waals surface area contributed by atoms with Crippen LogP contribution in [0.4, 0.5) is 0 Å². The van der Waals surface area contributed by atoms with Crippen molar-refractivity contribution in [2.75, 3.05) is 13.7 Å². The lowest BCUT2D eigenvalue weighted by molar-refractivity contribution is -0.140. The molecule has 2 rings (SSSR count). The number of hydrogen-bond donors (Lipinski definition) is 1. The van der Waals surface area contributed by atoms with Gasteiger partial charge in [0, 0.05) is 6.54 Å². The third-order valence-corrected chi connectivity index (χ3v) is 5.43. The fraction of sp³-hybridized carbons (Fsp3) is 0.429. The molecular weight excluding hydrogens is 310 g/mol. The van der Waals surface area contributed by atoms with Gasteiger partial charge in [-0.25, -0.2) is 13.2 Å². The summed E-state index contributed by atoms with van der Waals surface area (Å²) in [4.78, 5) is 22.8. The largest absolute Gasteiger partial charge is 0.480 e. The number of hydrogen-bond acceptors (Lipinski definition) is 5. The Morgan fingerprint density at radius 3 is 2.68 bits per heavy atom. The number of carboxylic acids is 1. The van der Waals surface area contributed by atoms with Gasteiger partial charge in [-0.15, -0.1) is 0 Å². The molecule has 1 heterocycles. The number of carbonyl (C=O) groups excluding carboxylic acids is 1. The second kappa shape index (κ2) is 6.45. The Morgan fingerprint density at radius 2 is 2.05 bits per heavy atom. The number of aliphatic carboxylic acids is 1. The second-order valence-electron chi connectivity index (χ2n) is 5.01. The van der Waals surface area contributed by atoms with Crippen LogP contribution in [0.3, 0.4) is 0 Å². The van der Waals surface area contributed by atoms with Gasteiger partial charge in [0.2, 0.25) is 10.0 Å². The molecule has 0 amide bonds. The van der Waals surface area contributed by atoms with Gasteiger partial charge in [-0.1, -0.05) is 18.2 Å². The normalized spacial score (nSPS) is 19.0. The van der Waals surface area contributed by atoms with Crippen molar-refractivity contribution < 1.29 is 27.9 Å². The maximum absolute atomic E-state index is 12.5. The van der Waals surface area contributed by atoms with Gasteiger partial charge in [0.05, 0.1) is 18.4 Å². The fourth-order valence-electron chi connectivity index (χ4n) is 2.55. The Morgan fingerprint density at radius 1 is 1.36 bits per heavy atom. The number of nitrogens with zero attached hydrogens (tertiary/aromatic N) is 1. The van der Waals surface area contributed by atoms with E-state index in [2.05, 4.69) is 4.74 Å². The van der Waals surface area contributed by atoms with Crippen LogP contribution in [0.5, 0.6) is 0 Å². The van der Waals surface area contributed by atoms with E-state index in [1.165, 1.54) is 19.2 Å². The average molecular weight is 327 g/mol. The number of carboxylic acid groups (broad SMARTS) is 1. The highest BCUT2D eigenvalue weighted by Gasteiger charge is 2.38. The number of methoxy groups -OCH3 is 1. The smallest absolute Gasteiger partial charge is 0.338 e. The molecule has 0 radical (unpaired) electrons. The molecule has 0 unspecified atom stereocenters. The van der Waals surface area contributed by atoms with E-state index in [9.17, 15) is 18.0 Å². The molecule has 1 aromatic carbocycles. The highest BCUT2D eigenvalue weighted by atomic mass is 32.2.